The third-order valence-electron chi connectivity index (χ3n) is 4.63. The second kappa shape index (κ2) is 8.33. The van der Waals surface area contributed by atoms with Crippen molar-refractivity contribution in [2.45, 2.75) is 64.8 Å². The summed E-state index contributed by atoms with van der Waals surface area (Å²) in [5.41, 5.74) is 2.20. The molecule has 1 aromatic rings. The summed E-state index contributed by atoms with van der Waals surface area (Å²) in [5.74, 6) is 0.276. The van der Waals surface area contributed by atoms with Crippen LogP contribution in [0.2, 0.25) is 0 Å². The van der Waals surface area contributed by atoms with Crippen LogP contribution >= 0.6 is 0 Å². The smallest absolute Gasteiger partial charge is 0.176 e. The first-order valence-electron chi connectivity index (χ1n) is 8.60. The zero-order valence-electron chi connectivity index (χ0n) is 13.6. The van der Waals surface area contributed by atoms with Gasteiger partial charge in [0, 0.05) is 11.6 Å². The van der Waals surface area contributed by atoms with Crippen molar-refractivity contribution in [3.8, 4) is 0 Å². The summed E-state index contributed by atoms with van der Waals surface area (Å²) in [6.07, 6.45) is 8.51. The van der Waals surface area contributed by atoms with Crippen molar-refractivity contribution in [3.63, 3.8) is 0 Å². The van der Waals surface area contributed by atoms with Crippen LogP contribution in [0.3, 0.4) is 0 Å². The van der Waals surface area contributed by atoms with Gasteiger partial charge in [-0.25, -0.2) is 0 Å². The molecule has 1 unspecified atom stereocenters. The van der Waals surface area contributed by atoms with Gasteiger partial charge in [0.2, 0.25) is 0 Å². The van der Waals surface area contributed by atoms with Crippen molar-refractivity contribution in [1.29, 1.82) is 0 Å². The molecule has 1 aromatic carbocycles. The number of nitrogens with zero attached hydrogens (tertiary/aromatic N) is 1. The molecule has 0 bridgehead atoms. The fourth-order valence-corrected chi connectivity index (χ4v) is 3.33. The van der Waals surface area contributed by atoms with E-state index in [0.717, 1.165) is 31.4 Å². The lowest BCUT2D eigenvalue weighted by Crippen LogP contribution is -2.38. The summed E-state index contributed by atoms with van der Waals surface area (Å²) in [5, 5.41) is 0. The maximum atomic E-state index is 12.5. The Morgan fingerprint density at radius 1 is 1.14 bits per heavy atom. The van der Waals surface area contributed by atoms with Gasteiger partial charge in [0.05, 0.1) is 6.54 Å². The van der Waals surface area contributed by atoms with Crippen LogP contribution in [0.5, 0.6) is 0 Å². The minimum Gasteiger partial charge on any atom is -0.293 e. The molecule has 0 aromatic heterocycles. The lowest BCUT2D eigenvalue weighted by Gasteiger charge is -2.28. The summed E-state index contributed by atoms with van der Waals surface area (Å²) in [7, 11) is 0. The van der Waals surface area contributed by atoms with Crippen molar-refractivity contribution in [2.75, 3.05) is 13.1 Å². The van der Waals surface area contributed by atoms with Crippen molar-refractivity contribution in [1.82, 2.24) is 4.90 Å². The first-order chi connectivity index (χ1) is 10.2. The molecule has 21 heavy (non-hydrogen) atoms. The topological polar surface area (TPSA) is 20.3 Å². The van der Waals surface area contributed by atoms with E-state index in [1.54, 1.807) is 0 Å². The van der Waals surface area contributed by atoms with E-state index in [1.807, 2.05) is 12.1 Å². The average Bonchev–Trinajstić information content (AvgIpc) is 2.73. The molecule has 1 aliphatic heterocycles. The Balaban J connectivity index is 1.98. The van der Waals surface area contributed by atoms with Crippen LogP contribution in [0.15, 0.2) is 24.3 Å². The highest BCUT2D eigenvalue weighted by molar-refractivity contribution is 5.97. The molecule has 0 saturated carbocycles. The molecule has 0 spiro atoms. The highest BCUT2D eigenvalue weighted by Gasteiger charge is 2.21. The van der Waals surface area contributed by atoms with Gasteiger partial charge in [-0.2, -0.15) is 0 Å². The molecule has 0 N–H and O–H groups in total. The molecule has 1 heterocycles. The minimum atomic E-state index is 0.276. The van der Waals surface area contributed by atoms with Gasteiger partial charge in [-0.05, 0) is 37.8 Å². The minimum absolute atomic E-state index is 0.276. The summed E-state index contributed by atoms with van der Waals surface area (Å²) in [6, 6.07) is 8.82. The Kier molecular flexibility index (Phi) is 6.44. The van der Waals surface area contributed by atoms with Gasteiger partial charge in [-0.3, -0.25) is 9.69 Å². The van der Waals surface area contributed by atoms with Crippen LogP contribution in [-0.4, -0.2) is 29.8 Å². The summed E-state index contributed by atoms with van der Waals surface area (Å²) < 4.78 is 0. The monoisotopic (exact) mass is 287 g/mol. The summed E-state index contributed by atoms with van der Waals surface area (Å²) in [6.45, 7) is 6.10. The number of hydrogen-bond acceptors (Lipinski definition) is 2. The molecule has 2 nitrogen and oxygen atoms in total. The van der Waals surface area contributed by atoms with E-state index < -0.39 is 0 Å². The van der Waals surface area contributed by atoms with Crippen molar-refractivity contribution in [3.05, 3.63) is 35.4 Å². The molecule has 0 radical (unpaired) electrons. The standard InChI is InChI=1S/C19H29NO/c1-3-8-16-10-12-17(13-11-16)19(21)15-20-14-7-5-6-9-18(20)4-2/h10-13,18H,3-9,14-15H2,1-2H3. The maximum absolute atomic E-state index is 12.5. The third kappa shape index (κ3) is 4.67. The van der Waals surface area contributed by atoms with Crippen LogP contribution in [0.25, 0.3) is 0 Å². The van der Waals surface area contributed by atoms with Crippen LogP contribution in [0, 0.1) is 0 Å². The number of rotatable bonds is 6. The first-order valence-corrected chi connectivity index (χ1v) is 8.60. The average molecular weight is 287 g/mol. The quantitative estimate of drug-likeness (QED) is 0.719. The summed E-state index contributed by atoms with van der Waals surface area (Å²) in [4.78, 5) is 14.9. The normalized spacial score (nSPS) is 20.2. The molecular formula is C19H29NO. The Labute approximate surface area is 129 Å². The molecule has 1 fully saturated rings. The van der Waals surface area contributed by atoms with Crippen molar-refractivity contribution >= 4 is 5.78 Å². The Morgan fingerprint density at radius 3 is 2.57 bits per heavy atom. The van der Waals surface area contributed by atoms with Gasteiger partial charge < -0.3 is 0 Å². The highest BCUT2D eigenvalue weighted by Crippen LogP contribution is 2.19. The molecule has 116 valence electrons. The molecular weight excluding hydrogens is 258 g/mol. The molecule has 1 saturated heterocycles. The van der Waals surface area contributed by atoms with Crippen LogP contribution in [-0.2, 0) is 6.42 Å². The number of aryl methyl sites for hydroxylation is 1. The van der Waals surface area contributed by atoms with Crippen LogP contribution in [0.1, 0.15) is 68.3 Å². The molecule has 0 aliphatic carbocycles. The van der Waals surface area contributed by atoms with Gasteiger partial charge in [0.25, 0.3) is 0 Å². The number of Topliss-reactive ketones (excluding diaryl/α,β-unsaturated/α-hetero) is 1. The predicted octanol–water partition coefficient (Wildman–Crippen LogP) is 4.48. The molecule has 2 rings (SSSR count). The van der Waals surface area contributed by atoms with E-state index in [1.165, 1.54) is 31.2 Å². The van der Waals surface area contributed by atoms with E-state index in [0.29, 0.717) is 12.6 Å². The fourth-order valence-electron chi connectivity index (χ4n) is 3.33. The molecule has 1 atom stereocenters. The molecule has 2 heteroatoms. The second-order valence-electron chi connectivity index (χ2n) is 6.25. The number of benzene rings is 1. The zero-order chi connectivity index (χ0) is 15.1. The predicted molar refractivity (Wildman–Crippen MR) is 88.9 cm³/mol. The van der Waals surface area contributed by atoms with Crippen LogP contribution in [0.4, 0.5) is 0 Å². The number of hydrogen-bond donors (Lipinski definition) is 0. The number of carbonyl (C=O) groups excluding carboxylic acids is 1. The van der Waals surface area contributed by atoms with Gasteiger partial charge in [0.1, 0.15) is 0 Å². The van der Waals surface area contributed by atoms with E-state index in [2.05, 4.69) is 30.9 Å². The molecule has 0 amide bonds. The van der Waals surface area contributed by atoms with Gasteiger partial charge >= 0.3 is 0 Å². The largest absolute Gasteiger partial charge is 0.293 e. The van der Waals surface area contributed by atoms with E-state index >= 15 is 0 Å². The van der Waals surface area contributed by atoms with Crippen LogP contribution < -0.4 is 0 Å². The fraction of sp³-hybridized carbons (Fsp3) is 0.632. The summed E-state index contributed by atoms with van der Waals surface area (Å²) >= 11 is 0. The van der Waals surface area contributed by atoms with E-state index in [4.69, 9.17) is 0 Å². The lowest BCUT2D eigenvalue weighted by atomic mass is 10.0. The first kappa shape index (κ1) is 16.2. The SMILES string of the molecule is CCCc1ccc(C(=O)CN2CCCCCC2CC)cc1. The van der Waals surface area contributed by atoms with Gasteiger partial charge in [-0.1, -0.05) is 57.4 Å². The van der Waals surface area contributed by atoms with E-state index in [9.17, 15) is 4.79 Å². The highest BCUT2D eigenvalue weighted by atomic mass is 16.1. The zero-order valence-corrected chi connectivity index (χ0v) is 13.6. The van der Waals surface area contributed by atoms with Gasteiger partial charge in [0.15, 0.2) is 5.78 Å². The Morgan fingerprint density at radius 2 is 1.90 bits per heavy atom. The molecule has 1 aliphatic rings. The number of ketones is 1. The maximum Gasteiger partial charge on any atom is 0.176 e. The number of carbonyl (C=O) groups is 1. The lowest BCUT2D eigenvalue weighted by molar-refractivity contribution is 0.0890. The Bertz CT molecular complexity index is 437. The van der Waals surface area contributed by atoms with Crippen molar-refractivity contribution in [2.24, 2.45) is 0 Å². The third-order valence-corrected chi connectivity index (χ3v) is 4.63. The Hall–Kier alpha value is -1.15. The van der Waals surface area contributed by atoms with Gasteiger partial charge in [-0.15, -0.1) is 0 Å². The number of likely N-dealkylation sites (tertiary alicyclic amines) is 1. The van der Waals surface area contributed by atoms with Crippen molar-refractivity contribution < 1.29 is 4.79 Å². The second-order valence-corrected chi connectivity index (χ2v) is 6.25. The van der Waals surface area contributed by atoms with E-state index in [-0.39, 0.29) is 5.78 Å².